The number of hydrogen-bond acceptors (Lipinski definition) is 1. The van der Waals surface area contributed by atoms with Crippen LogP contribution < -0.4 is 10.6 Å². The summed E-state index contributed by atoms with van der Waals surface area (Å²) in [6.45, 7) is 0. The van der Waals surface area contributed by atoms with Crippen molar-refractivity contribution in [3.63, 3.8) is 0 Å². The molecule has 0 N–H and O–H groups in total. The van der Waals surface area contributed by atoms with E-state index in [1.165, 1.54) is 10.8 Å². The van der Waals surface area contributed by atoms with E-state index in [0.717, 1.165) is 5.36 Å². The van der Waals surface area contributed by atoms with Gasteiger partial charge in [0.05, 0.1) is 11.4 Å². The second-order valence-electron chi connectivity index (χ2n) is 3.71. The van der Waals surface area contributed by atoms with Crippen LogP contribution in [0, 0.1) is 0 Å². The van der Waals surface area contributed by atoms with Crippen LogP contribution in [0.2, 0.25) is 0 Å². The van der Waals surface area contributed by atoms with Crippen molar-refractivity contribution >= 4 is 6.08 Å². The first kappa shape index (κ1) is 8.42. The van der Waals surface area contributed by atoms with E-state index in [9.17, 15) is 0 Å². The maximum atomic E-state index is 4.67. The highest BCUT2D eigenvalue weighted by Gasteiger charge is 2.09. The van der Waals surface area contributed by atoms with E-state index in [1.807, 2.05) is 12.1 Å². The van der Waals surface area contributed by atoms with Crippen LogP contribution in [0.25, 0.3) is 6.08 Å². The number of nitrogens with zero attached hydrogens (tertiary/aromatic N) is 1. The van der Waals surface area contributed by atoms with Crippen LogP contribution in [0.4, 0.5) is 0 Å². The van der Waals surface area contributed by atoms with Gasteiger partial charge in [0.1, 0.15) is 0 Å². The molecular weight excluding hydrogens is 182 g/mol. The lowest BCUT2D eigenvalue weighted by Gasteiger charge is -2.03. The van der Waals surface area contributed by atoms with Crippen molar-refractivity contribution in [2.24, 2.45) is 4.99 Å². The zero-order chi connectivity index (χ0) is 10.1. The van der Waals surface area contributed by atoms with Gasteiger partial charge in [-0.3, -0.25) is 4.99 Å². The molecule has 0 fully saturated rings. The number of hydrogen-bond donors (Lipinski definition) is 0. The largest absolute Gasteiger partial charge is 0.272 e. The lowest BCUT2D eigenvalue weighted by molar-refractivity contribution is 0.942. The van der Waals surface area contributed by atoms with Gasteiger partial charge in [0, 0.05) is 0 Å². The Morgan fingerprint density at radius 3 is 2.33 bits per heavy atom. The molecule has 0 radical (unpaired) electrons. The first-order valence-electron chi connectivity index (χ1n) is 5.13. The third-order valence-corrected chi connectivity index (χ3v) is 2.69. The van der Waals surface area contributed by atoms with Gasteiger partial charge >= 0.3 is 0 Å². The number of benzene rings is 2. The van der Waals surface area contributed by atoms with Gasteiger partial charge in [0.2, 0.25) is 0 Å². The van der Waals surface area contributed by atoms with Crippen molar-refractivity contribution in [2.45, 2.75) is 6.04 Å². The van der Waals surface area contributed by atoms with Crippen molar-refractivity contribution in [3.8, 4) is 0 Å². The SMILES string of the molecule is C1=c2ccccc2=N[C@@H]1c1ccccc1. The summed E-state index contributed by atoms with van der Waals surface area (Å²) in [5, 5.41) is 2.35. The molecule has 1 atom stereocenters. The topological polar surface area (TPSA) is 12.4 Å². The van der Waals surface area contributed by atoms with Crippen molar-refractivity contribution in [1.29, 1.82) is 0 Å². The molecule has 0 bridgehead atoms. The standard InChI is InChI=1S/C14H11N/c1-2-6-11(7-3-1)14-10-12-8-4-5-9-13(12)15-14/h1-10,14H/t14-/m0/s1. The van der Waals surface area contributed by atoms with Gasteiger partial charge in [0.25, 0.3) is 0 Å². The summed E-state index contributed by atoms with van der Waals surface area (Å²) in [5.41, 5.74) is 1.26. The fourth-order valence-electron chi connectivity index (χ4n) is 1.92. The molecule has 0 aliphatic carbocycles. The van der Waals surface area contributed by atoms with E-state index in [0.29, 0.717) is 0 Å². The molecule has 2 aromatic rings. The van der Waals surface area contributed by atoms with Gasteiger partial charge in [-0.15, -0.1) is 0 Å². The van der Waals surface area contributed by atoms with Gasteiger partial charge < -0.3 is 0 Å². The quantitative estimate of drug-likeness (QED) is 0.655. The molecule has 15 heavy (non-hydrogen) atoms. The normalized spacial score (nSPS) is 17.7. The summed E-state index contributed by atoms with van der Waals surface area (Å²) in [5.74, 6) is 0. The van der Waals surface area contributed by atoms with Crippen molar-refractivity contribution in [1.82, 2.24) is 0 Å². The average Bonchev–Trinajstić information content (AvgIpc) is 2.74. The molecule has 0 unspecified atom stereocenters. The predicted octanol–water partition coefficient (Wildman–Crippen LogP) is 1.84. The Balaban J connectivity index is 2.12. The molecular formula is C14H11N. The van der Waals surface area contributed by atoms with Crippen LogP contribution in [0.5, 0.6) is 0 Å². The Kier molecular flexibility index (Phi) is 1.88. The Morgan fingerprint density at radius 1 is 0.800 bits per heavy atom. The number of rotatable bonds is 1. The molecule has 1 heterocycles. The van der Waals surface area contributed by atoms with Gasteiger partial charge in [-0.2, -0.15) is 0 Å². The van der Waals surface area contributed by atoms with Crippen LogP contribution in [0.1, 0.15) is 11.6 Å². The highest BCUT2D eigenvalue weighted by atomic mass is 14.8. The third kappa shape index (κ3) is 1.46. The van der Waals surface area contributed by atoms with Crippen LogP contribution in [-0.2, 0) is 0 Å². The Labute approximate surface area is 88.4 Å². The van der Waals surface area contributed by atoms with Gasteiger partial charge in [-0.05, 0) is 22.9 Å². The smallest absolute Gasteiger partial charge is 0.0947 e. The minimum absolute atomic E-state index is 0.198. The molecule has 0 saturated heterocycles. The van der Waals surface area contributed by atoms with Crippen molar-refractivity contribution in [3.05, 3.63) is 70.7 Å². The Morgan fingerprint density at radius 2 is 1.53 bits per heavy atom. The van der Waals surface area contributed by atoms with Gasteiger partial charge in [0.15, 0.2) is 0 Å². The van der Waals surface area contributed by atoms with E-state index < -0.39 is 0 Å². The maximum Gasteiger partial charge on any atom is 0.0947 e. The third-order valence-electron chi connectivity index (χ3n) is 2.69. The Bertz CT molecular complexity index is 549. The minimum Gasteiger partial charge on any atom is -0.272 e. The first-order chi connectivity index (χ1) is 7.43. The summed E-state index contributed by atoms with van der Waals surface area (Å²) in [6.07, 6.45) is 2.21. The Hall–Kier alpha value is -1.89. The summed E-state index contributed by atoms with van der Waals surface area (Å²) in [4.78, 5) is 4.67. The molecule has 0 amide bonds. The van der Waals surface area contributed by atoms with Gasteiger partial charge in [-0.1, -0.05) is 48.5 Å². The number of fused-ring (bicyclic) bond motifs is 1. The van der Waals surface area contributed by atoms with Crippen LogP contribution in [0.15, 0.2) is 59.6 Å². The van der Waals surface area contributed by atoms with Crippen LogP contribution in [0.3, 0.4) is 0 Å². The van der Waals surface area contributed by atoms with Crippen LogP contribution >= 0.6 is 0 Å². The molecule has 1 aliphatic heterocycles. The molecule has 1 aliphatic rings. The van der Waals surface area contributed by atoms with Crippen LogP contribution in [-0.4, -0.2) is 0 Å². The summed E-state index contributed by atoms with van der Waals surface area (Å²) >= 11 is 0. The van der Waals surface area contributed by atoms with E-state index >= 15 is 0 Å². The molecule has 2 aromatic carbocycles. The molecule has 1 nitrogen and oxygen atoms in total. The fraction of sp³-hybridized carbons (Fsp3) is 0.0714. The summed E-state index contributed by atoms with van der Waals surface area (Å²) in [7, 11) is 0. The average molecular weight is 193 g/mol. The highest BCUT2D eigenvalue weighted by Crippen LogP contribution is 2.18. The number of para-hydroxylation sites is 1. The maximum absolute atomic E-state index is 4.67. The minimum atomic E-state index is 0.198. The molecule has 3 rings (SSSR count). The molecule has 1 heteroatoms. The lowest BCUT2D eigenvalue weighted by Crippen LogP contribution is -2.19. The molecule has 72 valence electrons. The monoisotopic (exact) mass is 193 g/mol. The highest BCUT2D eigenvalue weighted by molar-refractivity contribution is 5.41. The molecule has 0 saturated carbocycles. The summed E-state index contributed by atoms with van der Waals surface area (Å²) in [6, 6.07) is 18.9. The molecule has 0 spiro atoms. The first-order valence-corrected chi connectivity index (χ1v) is 5.13. The zero-order valence-corrected chi connectivity index (χ0v) is 8.30. The van der Waals surface area contributed by atoms with E-state index in [-0.39, 0.29) is 6.04 Å². The second-order valence-corrected chi connectivity index (χ2v) is 3.71. The van der Waals surface area contributed by atoms with E-state index in [1.54, 1.807) is 0 Å². The van der Waals surface area contributed by atoms with E-state index in [2.05, 4.69) is 53.5 Å². The van der Waals surface area contributed by atoms with Crippen molar-refractivity contribution < 1.29 is 0 Å². The van der Waals surface area contributed by atoms with Crippen molar-refractivity contribution in [2.75, 3.05) is 0 Å². The predicted molar refractivity (Wildman–Crippen MR) is 60.9 cm³/mol. The summed E-state index contributed by atoms with van der Waals surface area (Å²) < 4.78 is 0. The fourth-order valence-corrected chi connectivity index (χ4v) is 1.92. The molecule has 0 aromatic heterocycles. The van der Waals surface area contributed by atoms with E-state index in [4.69, 9.17) is 0 Å². The lowest BCUT2D eigenvalue weighted by atomic mass is 10.1. The zero-order valence-electron chi connectivity index (χ0n) is 8.30. The second kappa shape index (κ2) is 3.35. The van der Waals surface area contributed by atoms with Gasteiger partial charge in [-0.25, -0.2) is 0 Å².